The number of fused-ring (bicyclic) bond motifs is 1. The predicted octanol–water partition coefficient (Wildman–Crippen LogP) is 0.741. The highest BCUT2D eigenvalue weighted by molar-refractivity contribution is 7.91. The van der Waals surface area contributed by atoms with Crippen LogP contribution in [0.15, 0.2) is 24.3 Å². The normalized spacial score (nSPS) is 26.6. The van der Waals surface area contributed by atoms with Gasteiger partial charge in [0.2, 0.25) is 5.91 Å². The number of sulfone groups is 1. The molecule has 1 saturated heterocycles. The Morgan fingerprint density at radius 2 is 2.14 bits per heavy atom. The number of nitrogens with zero attached hydrogens (tertiary/aromatic N) is 1. The number of anilines is 1. The summed E-state index contributed by atoms with van der Waals surface area (Å²) >= 11 is 0. The summed E-state index contributed by atoms with van der Waals surface area (Å²) in [5, 5.41) is 2.85. The molecule has 0 aliphatic carbocycles. The number of para-hydroxylation sites is 1. The summed E-state index contributed by atoms with van der Waals surface area (Å²) in [6.45, 7) is 2.39. The lowest BCUT2D eigenvalue weighted by atomic mass is 10.1. The molecule has 1 aromatic carbocycles. The van der Waals surface area contributed by atoms with E-state index in [2.05, 4.69) is 23.2 Å². The Hall–Kier alpha value is -1.56. The molecule has 21 heavy (non-hydrogen) atoms. The molecule has 2 aliphatic heterocycles. The van der Waals surface area contributed by atoms with Crippen molar-refractivity contribution in [1.29, 1.82) is 0 Å². The zero-order valence-corrected chi connectivity index (χ0v) is 12.9. The Balaban J connectivity index is 1.63. The fourth-order valence-corrected chi connectivity index (χ4v) is 4.88. The van der Waals surface area contributed by atoms with E-state index in [-0.39, 0.29) is 30.0 Å². The third kappa shape index (κ3) is 3.05. The van der Waals surface area contributed by atoms with Gasteiger partial charge in [0, 0.05) is 17.8 Å². The van der Waals surface area contributed by atoms with Gasteiger partial charge in [0.15, 0.2) is 9.84 Å². The molecule has 2 heterocycles. The Morgan fingerprint density at radius 1 is 1.38 bits per heavy atom. The predicted molar refractivity (Wildman–Crippen MR) is 82.2 cm³/mol. The van der Waals surface area contributed by atoms with Crippen molar-refractivity contribution >= 4 is 21.4 Å². The number of hydrogen-bond acceptors (Lipinski definition) is 4. The molecular weight excluding hydrogens is 288 g/mol. The van der Waals surface area contributed by atoms with Gasteiger partial charge in [-0.1, -0.05) is 18.2 Å². The van der Waals surface area contributed by atoms with Gasteiger partial charge in [-0.25, -0.2) is 8.42 Å². The Kier molecular flexibility index (Phi) is 3.65. The van der Waals surface area contributed by atoms with Crippen molar-refractivity contribution in [3.63, 3.8) is 0 Å². The van der Waals surface area contributed by atoms with Crippen molar-refractivity contribution in [3.8, 4) is 0 Å². The maximum atomic E-state index is 12.2. The summed E-state index contributed by atoms with van der Waals surface area (Å²) in [5.74, 6) is 0.159. The van der Waals surface area contributed by atoms with E-state index in [0.717, 1.165) is 12.1 Å². The highest BCUT2D eigenvalue weighted by Gasteiger charge is 2.31. The second kappa shape index (κ2) is 5.33. The molecule has 3 rings (SSSR count). The zero-order chi connectivity index (χ0) is 15.0. The largest absolute Gasteiger partial charge is 0.359 e. The zero-order valence-electron chi connectivity index (χ0n) is 12.1. The minimum absolute atomic E-state index is 0.0743. The molecule has 5 nitrogen and oxygen atoms in total. The SMILES string of the molecule is C[C@H]1Cc2ccccc2N1CC(=O)N[C@H]1CCS(=O)(=O)C1. The first-order valence-corrected chi connectivity index (χ1v) is 9.11. The lowest BCUT2D eigenvalue weighted by molar-refractivity contribution is -0.120. The first-order valence-electron chi connectivity index (χ1n) is 7.29. The number of carbonyl (C=O) groups excluding carboxylic acids is 1. The van der Waals surface area contributed by atoms with E-state index in [1.54, 1.807) is 0 Å². The molecule has 0 saturated carbocycles. The highest BCUT2D eigenvalue weighted by Crippen LogP contribution is 2.31. The average Bonchev–Trinajstić information content (AvgIpc) is 2.90. The molecule has 2 aliphatic rings. The molecular formula is C15H20N2O3S. The third-order valence-electron chi connectivity index (χ3n) is 4.26. The van der Waals surface area contributed by atoms with E-state index >= 15 is 0 Å². The topological polar surface area (TPSA) is 66.5 Å². The number of hydrogen-bond donors (Lipinski definition) is 1. The van der Waals surface area contributed by atoms with Gasteiger partial charge >= 0.3 is 0 Å². The van der Waals surface area contributed by atoms with Crippen LogP contribution < -0.4 is 10.2 Å². The van der Waals surface area contributed by atoms with Gasteiger partial charge in [0.1, 0.15) is 0 Å². The van der Waals surface area contributed by atoms with E-state index in [1.165, 1.54) is 5.56 Å². The van der Waals surface area contributed by atoms with Gasteiger partial charge in [0.25, 0.3) is 0 Å². The van der Waals surface area contributed by atoms with E-state index in [4.69, 9.17) is 0 Å². The number of rotatable bonds is 3. The number of carbonyl (C=O) groups is 1. The molecule has 1 aromatic rings. The van der Waals surface area contributed by atoms with Gasteiger partial charge in [-0.3, -0.25) is 4.79 Å². The van der Waals surface area contributed by atoms with E-state index in [1.807, 2.05) is 18.2 Å². The maximum absolute atomic E-state index is 12.2. The van der Waals surface area contributed by atoms with Gasteiger partial charge in [0.05, 0.1) is 18.1 Å². The number of amides is 1. The molecule has 0 aromatic heterocycles. The van der Waals surface area contributed by atoms with Crippen LogP contribution in [0.3, 0.4) is 0 Å². The molecule has 0 spiro atoms. The first kappa shape index (κ1) is 14.4. The smallest absolute Gasteiger partial charge is 0.239 e. The fourth-order valence-electron chi connectivity index (χ4n) is 3.21. The molecule has 6 heteroatoms. The van der Waals surface area contributed by atoms with Crippen LogP contribution in [0.5, 0.6) is 0 Å². The summed E-state index contributed by atoms with van der Waals surface area (Å²) in [6.07, 6.45) is 1.47. The standard InChI is InChI=1S/C15H20N2O3S/c1-11-8-12-4-2-3-5-14(12)17(11)9-15(18)16-13-6-7-21(19,20)10-13/h2-5,11,13H,6-10H2,1H3,(H,16,18)/t11-,13-/m0/s1. The van der Waals surface area contributed by atoms with Crippen LogP contribution in [0.2, 0.25) is 0 Å². The van der Waals surface area contributed by atoms with Gasteiger partial charge in [-0.15, -0.1) is 0 Å². The Bertz CT molecular complexity index is 657. The van der Waals surface area contributed by atoms with Crippen LogP contribution in [0.4, 0.5) is 5.69 Å². The quantitative estimate of drug-likeness (QED) is 0.894. The van der Waals surface area contributed by atoms with E-state index in [0.29, 0.717) is 12.5 Å². The van der Waals surface area contributed by atoms with E-state index < -0.39 is 9.84 Å². The van der Waals surface area contributed by atoms with Crippen molar-refractivity contribution in [2.45, 2.75) is 31.8 Å². The third-order valence-corrected chi connectivity index (χ3v) is 6.03. The molecule has 0 bridgehead atoms. The first-order chi connectivity index (χ1) is 9.94. The number of benzene rings is 1. The van der Waals surface area contributed by atoms with Crippen molar-refractivity contribution in [1.82, 2.24) is 5.32 Å². The summed E-state index contributed by atoms with van der Waals surface area (Å²) < 4.78 is 22.8. The summed E-state index contributed by atoms with van der Waals surface area (Å²) in [7, 11) is -2.96. The molecule has 1 amide bonds. The maximum Gasteiger partial charge on any atom is 0.239 e. The fraction of sp³-hybridized carbons (Fsp3) is 0.533. The minimum atomic E-state index is -2.96. The van der Waals surface area contributed by atoms with Crippen molar-refractivity contribution in [2.24, 2.45) is 0 Å². The molecule has 1 fully saturated rings. The molecule has 114 valence electrons. The summed E-state index contributed by atoms with van der Waals surface area (Å²) in [6, 6.07) is 8.18. The number of nitrogens with one attached hydrogen (secondary N) is 1. The van der Waals surface area contributed by atoms with Crippen LogP contribution >= 0.6 is 0 Å². The average molecular weight is 308 g/mol. The van der Waals surface area contributed by atoms with Crippen molar-refractivity contribution < 1.29 is 13.2 Å². The van der Waals surface area contributed by atoms with Crippen LogP contribution in [0.1, 0.15) is 18.9 Å². The highest BCUT2D eigenvalue weighted by atomic mass is 32.2. The summed E-state index contributed by atoms with van der Waals surface area (Å²) in [4.78, 5) is 14.3. The van der Waals surface area contributed by atoms with Crippen molar-refractivity contribution in [2.75, 3.05) is 23.0 Å². The summed E-state index contributed by atoms with van der Waals surface area (Å²) in [5.41, 5.74) is 2.38. The second-order valence-corrected chi connectivity index (χ2v) is 8.21. The molecule has 1 N–H and O–H groups in total. The van der Waals surface area contributed by atoms with Gasteiger partial charge in [-0.05, 0) is 31.4 Å². The van der Waals surface area contributed by atoms with Gasteiger partial charge in [-0.2, -0.15) is 0 Å². The van der Waals surface area contributed by atoms with Crippen LogP contribution in [-0.2, 0) is 21.1 Å². The molecule has 2 atom stereocenters. The lowest BCUT2D eigenvalue weighted by Crippen LogP contribution is -2.44. The minimum Gasteiger partial charge on any atom is -0.359 e. The van der Waals surface area contributed by atoms with Crippen molar-refractivity contribution in [3.05, 3.63) is 29.8 Å². The van der Waals surface area contributed by atoms with Crippen LogP contribution in [0.25, 0.3) is 0 Å². The Labute approximate surface area is 125 Å². The molecule has 0 unspecified atom stereocenters. The molecule has 0 radical (unpaired) electrons. The monoisotopic (exact) mass is 308 g/mol. The second-order valence-electron chi connectivity index (χ2n) is 5.98. The van der Waals surface area contributed by atoms with E-state index in [9.17, 15) is 13.2 Å². The Morgan fingerprint density at radius 3 is 2.86 bits per heavy atom. The van der Waals surface area contributed by atoms with Crippen LogP contribution in [-0.4, -0.2) is 44.5 Å². The van der Waals surface area contributed by atoms with Gasteiger partial charge < -0.3 is 10.2 Å². The lowest BCUT2D eigenvalue weighted by Gasteiger charge is -2.25. The van der Waals surface area contributed by atoms with Crippen LogP contribution in [0, 0.1) is 0 Å².